The van der Waals surface area contributed by atoms with Gasteiger partial charge in [0.25, 0.3) is 5.91 Å². The summed E-state index contributed by atoms with van der Waals surface area (Å²) in [7, 11) is 0. The van der Waals surface area contributed by atoms with Crippen LogP contribution in [0.4, 0.5) is 0 Å². The Morgan fingerprint density at radius 1 is 1.05 bits per heavy atom. The summed E-state index contributed by atoms with van der Waals surface area (Å²) in [6.45, 7) is 5.28. The average Bonchev–Trinajstić information content (AvgIpc) is 2.55. The predicted octanol–water partition coefficient (Wildman–Crippen LogP) is 3.60. The van der Waals surface area contributed by atoms with Crippen LogP contribution in [0.2, 0.25) is 0 Å². The first kappa shape index (κ1) is 14.8. The number of morpholine rings is 1. The number of carbonyl (C=O) groups excluding carboxylic acids is 1. The van der Waals surface area contributed by atoms with Gasteiger partial charge in [0.2, 0.25) is 0 Å². The number of hydrogen-bond donors (Lipinski definition) is 0. The van der Waals surface area contributed by atoms with Crippen LogP contribution in [-0.4, -0.2) is 30.0 Å². The summed E-state index contributed by atoms with van der Waals surface area (Å²) in [6, 6.07) is 17.9. The van der Waals surface area contributed by atoms with Crippen molar-refractivity contribution >= 4 is 5.91 Å². The summed E-state index contributed by atoms with van der Waals surface area (Å²) in [5, 5.41) is 0. The molecule has 1 amide bonds. The third-order valence-corrected chi connectivity index (χ3v) is 4.02. The molecular formula is C19H21NO2. The minimum absolute atomic E-state index is 0.0355. The molecule has 0 aromatic heterocycles. The Morgan fingerprint density at radius 2 is 1.73 bits per heavy atom. The van der Waals surface area contributed by atoms with Gasteiger partial charge in [-0.15, -0.1) is 0 Å². The second-order valence-corrected chi connectivity index (χ2v) is 5.92. The van der Waals surface area contributed by atoms with Crippen LogP contribution in [-0.2, 0) is 4.74 Å². The zero-order valence-corrected chi connectivity index (χ0v) is 13.0. The van der Waals surface area contributed by atoms with Crippen molar-refractivity contribution in [1.29, 1.82) is 0 Å². The van der Waals surface area contributed by atoms with E-state index in [1.165, 1.54) is 0 Å². The third kappa shape index (κ3) is 3.20. The highest BCUT2D eigenvalue weighted by Gasteiger charge is 2.29. The fraction of sp³-hybridized carbons (Fsp3) is 0.316. The highest BCUT2D eigenvalue weighted by molar-refractivity contribution is 5.94. The second kappa shape index (κ2) is 6.32. The standard InChI is InChI=1S/C19H21NO2/c1-14-8-10-17(11-9-14)19(21)20-12-15(2)22-18(13-20)16-6-4-3-5-7-16/h3-11,15,18H,12-13H2,1-2H3. The molecule has 0 aliphatic carbocycles. The molecule has 2 atom stereocenters. The number of aryl methyl sites for hydroxylation is 1. The lowest BCUT2D eigenvalue weighted by atomic mass is 10.1. The van der Waals surface area contributed by atoms with E-state index in [1.807, 2.05) is 61.2 Å². The molecule has 1 saturated heterocycles. The fourth-order valence-electron chi connectivity index (χ4n) is 2.85. The maximum Gasteiger partial charge on any atom is 0.254 e. The van der Waals surface area contributed by atoms with Gasteiger partial charge in [-0.3, -0.25) is 4.79 Å². The van der Waals surface area contributed by atoms with E-state index in [9.17, 15) is 4.79 Å². The Morgan fingerprint density at radius 3 is 2.41 bits per heavy atom. The van der Waals surface area contributed by atoms with E-state index >= 15 is 0 Å². The SMILES string of the molecule is Cc1ccc(C(=O)N2CC(C)OC(c3ccccc3)C2)cc1. The van der Waals surface area contributed by atoms with Crippen LogP contribution in [0.25, 0.3) is 0 Å². The van der Waals surface area contributed by atoms with Crippen LogP contribution in [0.3, 0.4) is 0 Å². The molecule has 1 aliphatic rings. The van der Waals surface area contributed by atoms with E-state index in [0.29, 0.717) is 13.1 Å². The van der Waals surface area contributed by atoms with Crippen LogP contribution >= 0.6 is 0 Å². The molecule has 0 radical (unpaired) electrons. The topological polar surface area (TPSA) is 29.5 Å². The second-order valence-electron chi connectivity index (χ2n) is 5.92. The van der Waals surface area contributed by atoms with E-state index in [2.05, 4.69) is 12.1 Å². The summed E-state index contributed by atoms with van der Waals surface area (Å²) in [5.41, 5.74) is 3.02. The molecule has 3 rings (SSSR count). The van der Waals surface area contributed by atoms with Gasteiger partial charge in [0.15, 0.2) is 0 Å². The van der Waals surface area contributed by atoms with E-state index in [-0.39, 0.29) is 18.1 Å². The van der Waals surface area contributed by atoms with Crippen molar-refractivity contribution in [2.75, 3.05) is 13.1 Å². The van der Waals surface area contributed by atoms with Gasteiger partial charge >= 0.3 is 0 Å². The first-order valence-corrected chi connectivity index (χ1v) is 7.70. The molecule has 22 heavy (non-hydrogen) atoms. The van der Waals surface area contributed by atoms with Gasteiger partial charge in [0, 0.05) is 12.1 Å². The molecule has 1 aliphatic heterocycles. The van der Waals surface area contributed by atoms with E-state index in [1.54, 1.807) is 0 Å². The van der Waals surface area contributed by atoms with Gasteiger partial charge in [0.1, 0.15) is 6.10 Å². The lowest BCUT2D eigenvalue weighted by Crippen LogP contribution is -2.45. The minimum atomic E-state index is -0.0562. The number of hydrogen-bond acceptors (Lipinski definition) is 2. The molecule has 1 fully saturated rings. The van der Waals surface area contributed by atoms with Crippen LogP contribution in [0.5, 0.6) is 0 Å². The number of amides is 1. The highest BCUT2D eigenvalue weighted by Crippen LogP contribution is 2.26. The van der Waals surface area contributed by atoms with Crippen molar-refractivity contribution in [3.05, 3.63) is 71.3 Å². The monoisotopic (exact) mass is 295 g/mol. The van der Waals surface area contributed by atoms with Crippen LogP contribution < -0.4 is 0 Å². The maximum absolute atomic E-state index is 12.7. The minimum Gasteiger partial charge on any atom is -0.367 e. The number of nitrogens with zero attached hydrogens (tertiary/aromatic N) is 1. The number of ether oxygens (including phenoxy) is 1. The molecule has 1 heterocycles. The molecular weight excluding hydrogens is 274 g/mol. The molecule has 3 heteroatoms. The highest BCUT2D eigenvalue weighted by atomic mass is 16.5. The smallest absolute Gasteiger partial charge is 0.254 e. The average molecular weight is 295 g/mol. The lowest BCUT2D eigenvalue weighted by molar-refractivity contribution is -0.0691. The van der Waals surface area contributed by atoms with Crippen molar-refractivity contribution in [3.8, 4) is 0 Å². The Kier molecular flexibility index (Phi) is 4.25. The van der Waals surface area contributed by atoms with Crippen LogP contribution in [0, 0.1) is 6.92 Å². The van der Waals surface area contributed by atoms with Gasteiger partial charge in [-0.05, 0) is 31.5 Å². The van der Waals surface area contributed by atoms with Crippen molar-refractivity contribution in [3.63, 3.8) is 0 Å². The van der Waals surface area contributed by atoms with Crippen LogP contribution in [0.1, 0.15) is 34.5 Å². The van der Waals surface area contributed by atoms with Gasteiger partial charge in [-0.25, -0.2) is 0 Å². The van der Waals surface area contributed by atoms with Crippen LogP contribution in [0.15, 0.2) is 54.6 Å². The Hall–Kier alpha value is -2.13. The Labute approximate surface area is 131 Å². The molecule has 2 aromatic rings. The quantitative estimate of drug-likeness (QED) is 0.847. The summed E-state index contributed by atoms with van der Waals surface area (Å²) in [5.74, 6) is 0.0797. The van der Waals surface area contributed by atoms with E-state index in [0.717, 1.165) is 16.7 Å². The van der Waals surface area contributed by atoms with E-state index in [4.69, 9.17) is 4.74 Å². The fourth-order valence-corrected chi connectivity index (χ4v) is 2.85. The van der Waals surface area contributed by atoms with Gasteiger partial charge in [-0.2, -0.15) is 0 Å². The van der Waals surface area contributed by atoms with E-state index < -0.39 is 0 Å². The van der Waals surface area contributed by atoms with Gasteiger partial charge in [-0.1, -0.05) is 48.0 Å². The Bertz CT molecular complexity index is 636. The van der Waals surface area contributed by atoms with Gasteiger partial charge < -0.3 is 9.64 Å². The van der Waals surface area contributed by atoms with Crippen molar-refractivity contribution in [2.24, 2.45) is 0 Å². The number of rotatable bonds is 2. The molecule has 0 N–H and O–H groups in total. The first-order chi connectivity index (χ1) is 10.6. The zero-order valence-electron chi connectivity index (χ0n) is 13.0. The third-order valence-electron chi connectivity index (χ3n) is 4.02. The summed E-state index contributed by atoms with van der Waals surface area (Å²) < 4.78 is 6.01. The molecule has 3 nitrogen and oxygen atoms in total. The molecule has 0 bridgehead atoms. The lowest BCUT2D eigenvalue weighted by Gasteiger charge is -2.37. The molecule has 2 unspecified atom stereocenters. The zero-order chi connectivity index (χ0) is 15.5. The molecule has 0 spiro atoms. The maximum atomic E-state index is 12.7. The Balaban J connectivity index is 1.78. The summed E-state index contributed by atoms with van der Waals surface area (Å²) in [6.07, 6.45) is -0.0206. The largest absolute Gasteiger partial charge is 0.367 e. The van der Waals surface area contributed by atoms with Crippen molar-refractivity contribution in [1.82, 2.24) is 4.90 Å². The molecule has 0 saturated carbocycles. The molecule has 114 valence electrons. The normalized spacial score (nSPS) is 21.6. The predicted molar refractivity (Wildman–Crippen MR) is 86.8 cm³/mol. The van der Waals surface area contributed by atoms with Gasteiger partial charge in [0.05, 0.1) is 12.6 Å². The van der Waals surface area contributed by atoms with Crippen molar-refractivity contribution < 1.29 is 9.53 Å². The number of benzene rings is 2. The summed E-state index contributed by atoms with van der Waals surface area (Å²) >= 11 is 0. The summed E-state index contributed by atoms with van der Waals surface area (Å²) in [4.78, 5) is 14.6. The molecule has 2 aromatic carbocycles. The first-order valence-electron chi connectivity index (χ1n) is 7.70. The van der Waals surface area contributed by atoms with Crippen molar-refractivity contribution in [2.45, 2.75) is 26.1 Å². The number of carbonyl (C=O) groups is 1.